The van der Waals surface area contributed by atoms with Gasteiger partial charge in [-0.15, -0.1) is 0 Å². The van der Waals surface area contributed by atoms with Crippen molar-refractivity contribution >= 4 is 18.9 Å². The molecule has 0 saturated carbocycles. The molecule has 0 aromatic carbocycles. The van der Waals surface area contributed by atoms with Gasteiger partial charge >= 0.3 is 7.12 Å². The maximum atomic E-state index is 8.91. The Labute approximate surface area is 58.2 Å². The lowest BCUT2D eigenvalue weighted by Gasteiger charge is -2.03. The van der Waals surface area contributed by atoms with E-state index in [4.69, 9.17) is 15.2 Å². The second kappa shape index (κ2) is 2.92. The molecule has 52 valence electrons. The van der Waals surface area contributed by atoms with Crippen LogP contribution in [0.3, 0.4) is 0 Å². The minimum Gasteiger partial charge on any atom is -0.426 e. The van der Waals surface area contributed by atoms with Gasteiger partial charge in [0.05, 0.1) is 6.10 Å². The molecule has 2 unspecified atom stereocenters. The van der Waals surface area contributed by atoms with E-state index in [0.717, 1.165) is 0 Å². The summed E-state index contributed by atoms with van der Waals surface area (Å²) in [5, 5.41) is 25.9. The molecule has 3 nitrogen and oxygen atoms in total. The SMILES string of the molecule is OB(O)C1CC(O)CS1. The molecule has 1 fully saturated rings. The van der Waals surface area contributed by atoms with Gasteiger partial charge in [0.1, 0.15) is 0 Å². The lowest BCUT2D eigenvalue weighted by atomic mass is 9.83. The zero-order valence-electron chi connectivity index (χ0n) is 4.90. The van der Waals surface area contributed by atoms with E-state index in [9.17, 15) is 0 Å². The minimum atomic E-state index is -1.27. The Morgan fingerprint density at radius 3 is 2.33 bits per heavy atom. The molecule has 1 aliphatic rings. The Balaban J connectivity index is 2.30. The molecule has 0 radical (unpaired) electrons. The largest absolute Gasteiger partial charge is 0.465 e. The van der Waals surface area contributed by atoms with Crippen LogP contribution in [0, 0.1) is 0 Å². The van der Waals surface area contributed by atoms with Gasteiger partial charge in [-0.3, -0.25) is 0 Å². The van der Waals surface area contributed by atoms with Crippen LogP contribution in [0.4, 0.5) is 0 Å². The smallest absolute Gasteiger partial charge is 0.426 e. The van der Waals surface area contributed by atoms with E-state index in [1.54, 1.807) is 0 Å². The van der Waals surface area contributed by atoms with Crippen LogP contribution in [0.1, 0.15) is 6.42 Å². The first kappa shape index (κ1) is 7.40. The molecule has 9 heavy (non-hydrogen) atoms. The van der Waals surface area contributed by atoms with Crippen LogP contribution in [0.25, 0.3) is 0 Å². The molecule has 5 heteroatoms. The van der Waals surface area contributed by atoms with Crippen LogP contribution in [0.2, 0.25) is 0 Å². The van der Waals surface area contributed by atoms with Gasteiger partial charge in [-0.25, -0.2) is 0 Å². The maximum absolute atomic E-state index is 8.91. The van der Waals surface area contributed by atoms with Crippen LogP contribution in [-0.4, -0.2) is 39.3 Å². The van der Waals surface area contributed by atoms with Crippen molar-refractivity contribution in [2.75, 3.05) is 5.75 Å². The number of hydrogen-bond acceptors (Lipinski definition) is 4. The quantitative estimate of drug-likeness (QED) is 0.411. The summed E-state index contributed by atoms with van der Waals surface area (Å²) in [6.45, 7) is 0. The van der Waals surface area contributed by atoms with Crippen molar-refractivity contribution in [3.05, 3.63) is 0 Å². The van der Waals surface area contributed by atoms with Crippen molar-refractivity contribution in [3.8, 4) is 0 Å². The number of aliphatic hydroxyl groups excluding tert-OH is 1. The average molecular weight is 148 g/mol. The highest BCUT2D eigenvalue weighted by Crippen LogP contribution is 2.26. The molecule has 1 heterocycles. The van der Waals surface area contributed by atoms with E-state index in [1.807, 2.05) is 0 Å². The zero-order chi connectivity index (χ0) is 6.85. The third-order valence-electron chi connectivity index (χ3n) is 1.34. The summed E-state index contributed by atoms with van der Waals surface area (Å²) in [4.78, 5) is 0. The summed E-state index contributed by atoms with van der Waals surface area (Å²) >= 11 is 1.41. The lowest BCUT2D eigenvalue weighted by molar-refractivity contribution is 0.197. The van der Waals surface area contributed by atoms with Crippen molar-refractivity contribution in [2.45, 2.75) is 17.7 Å². The van der Waals surface area contributed by atoms with Gasteiger partial charge in [-0.2, -0.15) is 11.8 Å². The monoisotopic (exact) mass is 148 g/mol. The second-order valence-corrected chi connectivity index (χ2v) is 3.45. The summed E-state index contributed by atoms with van der Waals surface area (Å²) in [7, 11) is -1.27. The van der Waals surface area contributed by atoms with Crippen LogP contribution in [0.5, 0.6) is 0 Å². The van der Waals surface area contributed by atoms with Crippen molar-refractivity contribution in [1.29, 1.82) is 0 Å². The normalized spacial score (nSPS) is 35.0. The standard InChI is InChI=1S/C4H9BO3S/c6-3-1-4(5(7)8)9-2-3/h3-4,6-8H,1-2H2. The van der Waals surface area contributed by atoms with Crippen molar-refractivity contribution in [1.82, 2.24) is 0 Å². The molecule has 2 atom stereocenters. The number of aliphatic hydroxyl groups is 1. The topological polar surface area (TPSA) is 60.7 Å². The van der Waals surface area contributed by atoms with Gasteiger partial charge in [0.15, 0.2) is 0 Å². The molecule has 0 aromatic rings. The minimum absolute atomic E-state index is 0.181. The van der Waals surface area contributed by atoms with E-state index < -0.39 is 7.12 Å². The fourth-order valence-electron chi connectivity index (χ4n) is 0.847. The Hall–Kier alpha value is 0.295. The van der Waals surface area contributed by atoms with E-state index >= 15 is 0 Å². The molecule has 0 bridgehead atoms. The van der Waals surface area contributed by atoms with E-state index in [1.165, 1.54) is 11.8 Å². The number of rotatable bonds is 1. The zero-order valence-corrected chi connectivity index (χ0v) is 5.71. The van der Waals surface area contributed by atoms with E-state index in [0.29, 0.717) is 12.2 Å². The first-order chi connectivity index (χ1) is 4.20. The fourth-order valence-corrected chi connectivity index (χ4v) is 1.98. The van der Waals surface area contributed by atoms with Crippen LogP contribution in [0.15, 0.2) is 0 Å². The first-order valence-corrected chi connectivity index (χ1v) is 3.91. The highest BCUT2D eigenvalue weighted by atomic mass is 32.2. The number of thioether (sulfide) groups is 1. The number of hydrogen-bond donors (Lipinski definition) is 3. The molecule has 1 aliphatic heterocycles. The molecule has 0 aromatic heterocycles. The molecule has 1 rings (SSSR count). The predicted octanol–water partition coefficient (Wildman–Crippen LogP) is -1.14. The van der Waals surface area contributed by atoms with Crippen LogP contribution >= 0.6 is 11.8 Å². The van der Waals surface area contributed by atoms with Crippen molar-refractivity contribution < 1.29 is 15.2 Å². The Morgan fingerprint density at radius 2 is 2.11 bits per heavy atom. The highest BCUT2D eigenvalue weighted by Gasteiger charge is 2.32. The summed E-state index contributed by atoms with van der Waals surface area (Å²) in [5.41, 5.74) is 0. The molecular weight excluding hydrogens is 139 g/mol. The third-order valence-corrected chi connectivity index (χ3v) is 2.78. The molecule has 1 saturated heterocycles. The van der Waals surface area contributed by atoms with E-state index in [-0.39, 0.29) is 11.3 Å². The van der Waals surface area contributed by atoms with Crippen LogP contribution in [-0.2, 0) is 0 Å². The average Bonchev–Trinajstić information content (AvgIpc) is 2.14. The van der Waals surface area contributed by atoms with Gasteiger partial charge in [0.2, 0.25) is 0 Å². The van der Waals surface area contributed by atoms with Gasteiger partial charge in [0.25, 0.3) is 0 Å². The van der Waals surface area contributed by atoms with Gasteiger partial charge in [0, 0.05) is 10.9 Å². The summed E-state index contributed by atoms with van der Waals surface area (Å²) in [6.07, 6.45) is 0.157. The van der Waals surface area contributed by atoms with E-state index in [2.05, 4.69) is 0 Å². The highest BCUT2D eigenvalue weighted by molar-refractivity contribution is 8.01. The Bertz CT molecular complexity index is 99.8. The molecular formula is C4H9BO3S. The first-order valence-electron chi connectivity index (χ1n) is 2.86. The van der Waals surface area contributed by atoms with Crippen molar-refractivity contribution in [2.24, 2.45) is 0 Å². The molecule has 0 amide bonds. The summed E-state index contributed by atoms with van der Waals surface area (Å²) in [6, 6.07) is 0. The third kappa shape index (κ3) is 1.86. The summed E-state index contributed by atoms with van der Waals surface area (Å²) in [5.74, 6) is 0.627. The van der Waals surface area contributed by atoms with Crippen LogP contribution < -0.4 is 0 Å². The second-order valence-electron chi connectivity index (χ2n) is 2.17. The van der Waals surface area contributed by atoms with Crippen molar-refractivity contribution in [3.63, 3.8) is 0 Å². The van der Waals surface area contributed by atoms with Gasteiger partial charge < -0.3 is 15.2 Å². The van der Waals surface area contributed by atoms with Gasteiger partial charge in [-0.05, 0) is 6.42 Å². The Morgan fingerprint density at radius 1 is 1.44 bits per heavy atom. The lowest BCUT2D eigenvalue weighted by Crippen LogP contribution is -2.26. The molecule has 3 N–H and O–H groups in total. The fraction of sp³-hybridized carbons (Fsp3) is 1.00. The maximum Gasteiger partial charge on any atom is 0.465 e. The molecule has 0 aliphatic carbocycles. The molecule has 0 spiro atoms. The summed E-state index contributed by atoms with van der Waals surface area (Å²) < 4.78 is 0. The Kier molecular flexibility index (Phi) is 2.40. The predicted molar refractivity (Wildman–Crippen MR) is 37.1 cm³/mol. The van der Waals surface area contributed by atoms with Gasteiger partial charge in [-0.1, -0.05) is 0 Å².